The van der Waals surface area contributed by atoms with Crippen LogP contribution in [0.5, 0.6) is 34.5 Å². The summed E-state index contributed by atoms with van der Waals surface area (Å²) in [5, 5.41) is 122. The maximum atomic E-state index is 11.6. The number of hydrogen-bond acceptors (Lipinski definition) is 13. The molecule has 0 radical (unpaired) electrons. The lowest BCUT2D eigenvalue weighted by Gasteiger charge is -2.19. The number of halogens is 1. The average Bonchev–Trinajstić information content (AvgIpc) is 1.63. The first kappa shape index (κ1) is 72.5. The van der Waals surface area contributed by atoms with Crippen LogP contribution in [0, 0.1) is 39.5 Å². The van der Waals surface area contributed by atoms with Crippen molar-refractivity contribution in [3.63, 3.8) is 0 Å². The molecule has 0 fully saturated rings. The number of phenolic OH excluding ortho intramolecular Hbond substituents is 2. The summed E-state index contributed by atoms with van der Waals surface area (Å²) >= 11 is 5.54. The van der Waals surface area contributed by atoms with E-state index in [-0.39, 0.29) is 41.3 Å². The second-order valence-corrected chi connectivity index (χ2v) is 19.2. The number of fused-ring (bicyclic) bond motifs is 4. The molecule has 6 aromatic carbocycles. The van der Waals surface area contributed by atoms with Crippen molar-refractivity contribution in [1.82, 2.24) is 13.7 Å². The third kappa shape index (κ3) is 17.6. The van der Waals surface area contributed by atoms with E-state index in [1.807, 2.05) is 110 Å². The van der Waals surface area contributed by atoms with Gasteiger partial charge in [-0.3, -0.25) is 9.59 Å². The van der Waals surface area contributed by atoms with Gasteiger partial charge in [0.15, 0.2) is 6.61 Å². The SMILES string of the molecule is CC.CCn1c(-c2ccc(O)c(N=N/N=N/N=N/N=N/N=N/N=N/N=N/N=N/N=N/N=N/N=N)c2)c(C#N)c2ccc(OC)cc21.CCn1c(-c2ccc(O)c(NC(=O)CCl)c2)c(C#N)c2ccc(OC)cc21.CCn1c(-c2ccc3c(c2)NC(=O)CO3)c(C#N)c2ccc(OC)cc21. The molecule has 3 aromatic heterocycles. The van der Waals surface area contributed by atoms with Crippen LogP contribution in [0.3, 0.4) is 0 Å². The molecule has 99 heavy (non-hydrogen) atoms. The number of carbonyl (C=O) groups excluding carboxylic acids is 2. The molecule has 10 rings (SSSR count). The Bertz CT molecular complexity index is 4890. The Balaban J connectivity index is 0.000000216. The molecule has 0 saturated carbocycles. The third-order valence-corrected chi connectivity index (χ3v) is 14.1. The summed E-state index contributed by atoms with van der Waals surface area (Å²) in [6.07, 6.45) is 0. The van der Waals surface area contributed by atoms with Crippen LogP contribution in [0.4, 0.5) is 17.1 Å². The lowest BCUT2D eigenvalue weighted by molar-refractivity contribution is -0.118. The van der Waals surface area contributed by atoms with Crippen molar-refractivity contribution in [1.29, 1.82) is 21.3 Å². The summed E-state index contributed by atoms with van der Waals surface area (Å²) in [4.78, 5) is 23.2. The maximum Gasteiger partial charge on any atom is 0.262 e. The van der Waals surface area contributed by atoms with Gasteiger partial charge in [-0.05, 0) is 195 Å². The first-order valence-corrected chi connectivity index (χ1v) is 29.7. The molecule has 4 heterocycles. The Kier molecular flexibility index (Phi) is 26.7. The average molecular weight is 1360 g/mol. The lowest BCUT2D eigenvalue weighted by atomic mass is 10.0. The van der Waals surface area contributed by atoms with Gasteiger partial charge >= 0.3 is 0 Å². The summed E-state index contributed by atoms with van der Waals surface area (Å²) < 4.78 is 27.5. The van der Waals surface area contributed by atoms with Crippen molar-refractivity contribution >= 4 is 73.2 Å². The molecule has 0 spiro atoms. The first-order valence-electron chi connectivity index (χ1n) is 29.1. The van der Waals surface area contributed by atoms with E-state index in [9.17, 15) is 35.6 Å². The largest absolute Gasteiger partial charge is 0.506 e. The van der Waals surface area contributed by atoms with E-state index < -0.39 is 5.91 Å². The fourth-order valence-electron chi connectivity index (χ4n) is 9.93. The van der Waals surface area contributed by atoms with Crippen molar-refractivity contribution in [2.24, 2.45) is 110 Å². The Morgan fingerprint density at radius 2 is 0.919 bits per heavy atom. The number of aryl methyl sites for hydroxylation is 3. The fourth-order valence-corrected chi connectivity index (χ4v) is 10.0. The van der Waals surface area contributed by atoms with Crippen molar-refractivity contribution in [2.45, 2.75) is 54.3 Å². The fraction of sp³-hybridized carbons (Fsp3) is 0.217. The Morgan fingerprint density at radius 3 is 1.30 bits per heavy atom. The normalized spacial score (nSPS) is 12.1. The van der Waals surface area contributed by atoms with Crippen molar-refractivity contribution in [2.75, 3.05) is 44.4 Å². The molecule has 0 atom stereocenters. The summed E-state index contributed by atoms with van der Waals surface area (Å²) in [5.74, 6) is 1.65. The van der Waals surface area contributed by atoms with E-state index in [0.717, 1.165) is 49.7 Å². The number of ether oxygens (including phenoxy) is 4. The Hall–Kier alpha value is -14.0. The number of rotatable bonds is 22. The van der Waals surface area contributed by atoms with Crippen molar-refractivity contribution in [3.05, 3.63) is 126 Å². The van der Waals surface area contributed by atoms with Crippen molar-refractivity contribution < 1.29 is 38.7 Å². The van der Waals surface area contributed by atoms with E-state index in [0.29, 0.717) is 81.8 Å². The number of nitrogens with zero attached hydrogens (tertiary/aromatic N) is 27. The van der Waals surface area contributed by atoms with Crippen LogP contribution >= 0.6 is 11.6 Å². The summed E-state index contributed by atoms with van der Waals surface area (Å²) in [5.41, 5.74) is 15.8. The van der Waals surface area contributed by atoms with Gasteiger partial charge in [0, 0.05) is 91.6 Å². The highest BCUT2D eigenvalue weighted by atomic mass is 35.5. The second-order valence-electron chi connectivity index (χ2n) is 19.0. The molecule has 1 aliphatic heterocycles. The van der Waals surface area contributed by atoms with E-state index in [2.05, 4.69) is 143 Å². The molecule has 0 unspecified atom stereocenters. The summed E-state index contributed by atoms with van der Waals surface area (Å²) in [7, 11) is 4.79. The highest BCUT2D eigenvalue weighted by molar-refractivity contribution is 6.29. The van der Waals surface area contributed by atoms with Gasteiger partial charge in [0.1, 0.15) is 64.3 Å². The maximum absolute atomic E-state index is 11.6. The standard InChI is InChI=1S/C20H18ClN3O3.C20H17N3O3.C18H16N24O2.C2H6/c1-3-24-17-9-13(27-2)5-6-14(17)15(11-22)20(24)12-4-7-18(25)16(8-12)23-19(26)10-21;1-3-23-17-9-13(25-2)5-6-14(17)15(10-21)20(23)12-4-7-18-16(8-12)22-19(24)11-26-18;1-3-42-16-9-12(44-2)5-6-13(16)14(10-19)18(42)11-4-7-17(43)15(8-11)21-23-25-27-29-31-33-35-37-39-41-40-38-36-34-32-30-28-26-24-22-20;1-2/h4-9,25H,3,10H2,1-2H3,(H,23,26);4-9H,3,11H2,1-2H3,(H,22,24);4-9,20,43H,3H2,1-2H3;1-2H3/b;;22-20?,23-21?,26-24+,27-25+,30-28+,31-29+,34-32+,35-33+,38-36+,39-37+,41-40+;. The van der Waals surface area contributed by atoms with E-state index >= 15 is 0 Å². The number of nitrogens with one attached hydrogen (secondary N) is 3. The topological polar surface area (TPSA) is 505 Å². The van der Waals surface area contributed by atoms with Gasteiger partial charge in [-0.15, -0.1) is 16.7 Å². The van der Waals surface area contributed by atoms with Crippen LogP contribution in [0.1, 0.15) is 51.3 Å². The zero-order valence-corrected chi connectivity index (χ0v) is 54.5. The van der Waals surface area contributed by atoms with Gasteiger partial charge in [0.05, 0.1) is 83.0 Å². The van der Waals surface area contributed by atoms with E-state index in [4.69, 9.17) is 36.1 Å². The molecule has 9 aromatic rings. The molecular weight excluding hydrogens is 1300 g/mol. The van der Waals surface area contributed by atoms with Crippen LogP contribution in [-0.2, 0) is 29.2 Å². The zero-order chi connectivity index (χ0) is 71.2. The number of amides is 2. The number of aromatic nitrogens is 3. The van der Waals surface area contributed by atoms with Crippen LogP contribution in [-0.4, -0.2) is 69.5 Å². The smallest absolute Gasteiger partial charge is 0.262 e. The number of hydrogen-bond donors (Lipinski definition) is 5. The van der Waals surface area contributed by atoms with Gasteiger partial charge in [-0.1, -0.05) is 13.8 Å². The Morgan fingerprint density at radius 1 is 0.545 bits per heavy atom. The zero-order valence-electron chi connectivity index (χ0n) is 53.7. The van der Waals surface area contributed by atoms with Gasteiger partial charge in [0.25, 0.3) is 5.91 Å². The van der Waals surface area contributed by atoms with Crippen molar-refractivity contribution in [3.8, 4) is 86.5 Å². The molecule has 39 heteroatoms. The minimum absolute atomic E-state index is 0.0187. The highest BCUT2D eigenvalue weighted by Gasteiger charge is 2.24. The molecule has 2 amide bonds. The first-order chi connectivity index (χ1) is 48.3. The Labute approximate surface area is 565 Å². The van der Waals surface area contributed by atoms with Crippen LogP contribution in [0.25, 0.3) is 66.5 Å². The molecule has 5 N–H and O–H groups in total. The molecule has 502 valence electrons. The van der Waals surface area contributed by atoms with Gasteiger partial charge in [0.2, 0.25) is 5.91 Å². The third-order valence-electron chi connectivity index (χ3n) is 13.8. The van der Waals surface area contributed by atoms with E-state index in [1.54, 1.807) is 51.7 Å². The van der Waals surface area contributed by atoms with Crippen LogP contribution < -0.4 is 29.6 Å². The molecule has 0 aliphatic carbocycles. The monoisotopic (exact) mass is 1360 g/mol. The number of anilines is 2. The molecule has 38 nitrogen and oxygen atoms in total. The summed E-state index contributed by atoms with van der Waals surface area (Å²) in [6.45, 7) is 11.9. The number of alkyl halides is 1. The number of nitriles is 3. The number of carbonyl (C=O) groups is 2. The highest BCUT2D eigenvalue weighted by Crippen LogP contribution is 2.42. The minimum Gasteiger partial charge on any atom is -0.506 e. The second kappa shape index (κ2) is 36.5. The van der Waals surface area contributed by atoms with Gasteiger partial charge < -0.3 is 53.5 Å². The van der Waals surface area contributed by atoms with Gasteiger partial charge in [-0.2, -0.15) is 21.3 Å². The van der Waals surface area contributed by atoms with Crippen LogP contribution in [0.2, 0.25) is 0 Å². The predicted octanol–water partition coefficient (Wildman–Crippen LogP) is 16.9. The number of aromatic hydroxyl groups is 2. The molecule has 0 saturated heterocycles. The number of benzene rings is 6. The van der Waals surface area contributed by atoms with Gasteiger partial charge in [-0.25, -0.2) is 0 Å². The minimum atomic E-state index is -0.426. The molecule has 0 bridgehead atoms. The van der Waals surface area contributed by atoms with Crippen LogP contribution in [0.15, 0.2) is 219 Å². The molecular formula is C60H57ClN30O8. The predicted molar refractivity (Wildman–Crippen MR) is 354 cm³/mol. The molecule has 1 aliphatic rings. The summed E-state index contributed by atoms with van der Waals surface area (Å²) in [6, 6.07) is 38.7. The quantitative estimate of drug-likeness (QED) is 0.0184. The number of phenols is 2. The van der Waals surface area contributed by atoms with E-state index in [1.165, 1.54) is 12.1 Å². The lowest BCUT2D eigenvalue weighted by Crippen LogP contribution is -2.25. The number of methoxy groups -OCH3 is 3.